The van der Waals surface area contributed by atoms with E-state index >= 15 is 0 Å². The maximum Gasteiger partial charge on any atom is 0.329 e. The summed E-state index contributed by atoms with van der Waals surface area (Å²) in [7, 11) is 1.57. The summed E-state index contributed by atoms with van der Waals surface area (Å²) >= 11 is 5.82. The molecule has 1 saturated heterocycles. The van der Waals surface area contributed by atoms with Gasteiger partial charge in [-0.2, -0.15) is 0 Å². The highest BCUT2D eigenvalue weighted by Crippen LogP contribution is 2.38. The lowest BCUT2D eigenvalue weighted by atomic mass is 9.81. The van der Waals surface area contributed by atoms with Gasteiger partial charge in [0.05, 0.1) is 18.4 Å². The Morgan fingerprint density at radius 2 is 1.71 bits per heavy atom. The molecule has 3 atom stereocenters. The highest BCUT2D eigenvalue weighted by Gasteiger charge is 2.51. The van der Waals surface area contributed by atoms with Crippen LogP contribution in [0.1, 0.15) is 32.6 Å². The van der Waals surface area contributed by atoms with Crippen LogP contribution in [0.25, 0.3) is 0 Å². The number of nitrogens with zero attached hydrogens (tertiary/aromatic N) is 2. The summed E-state index contributed by atoms with van der Waals surface area (Å²) in [5.74, 6) is -1.81. The van der Waals surface area contributed by atoms with Crippen LogP contribution in [0.3, 0.4) is 0 Å². The van der Waals surface area contributed by atoms with Crippen molar-refractivity contribution in [1.82, 2.24) is 9.80 Å². The summed E-state index contributed by atoms with van der Waals surface area (Å²) in [4.78, 5) is 52.2. The van der Waals surface area contributed by atoms with E-state index in [1.54, 1.807) is 31.3 Å². The van der Waals surface area contributed by atoms with E-state index in [1.807, 2.05) is 0 Å². The topological polar surface area (TPSA) is 93.2 Å². The lowest BCUT2D eigenvalue weighted by Gasteiger charge is -2.22. The van der Waals surface area contributed by atoms with Crippen LogP contribution in [0.2, 0.25) is 5.02 Å². The molecule has 8 nitrogen and oxygen atoms in total. The molecule has 2 fully saturated rings. The SMILES string of the molecule is C[C@@H](C(=O)OCC(=O)N(C)CCOc1ccc(Cl)cc1)N1C(=O)C2CCCCC2C1=O. The molecule has 2 aliphatic rings. The number of likely N-dealkylation sites (tertiary alicyclic amines) is 1. The highest BCUT2D eigenvalue weighted by atomic mass is 35.5. The molecule has 3 amide bonds. The van der Waals surface area contributed by atoms with Gasteiger partial charge >= 0.3 is 5.97 Å². The smallest absolute Gasteiger partial charge is 0.329 e. The molecule has 168 valence electrons. The average Bonchev–Trinajstić information content (AvgIpc) is 3.03. The number of likely N-dealkylation sites (N-methyl/N-ethyl adjacent to an activating group) is 1. The molecule has 0 N–H and O–H groups in total. The Morgan fingerprint density at radius 1 is 1.13 bits per heavy atom. The Morgan fingerprint density at radius 3 is 2.29 bits per heavy atom. The molecule has 1 aromatic carbocycles. The minimum absolute atomic E-state index is 0.258. The van der Waals surface area contributed by atoms with Gasteiger partial charge in [-0.15, -0.1) is 0 Å². The molecular formula is C22H27ClN2O6. The third kappa shape index (κ3) is 5.36. The van der Waals surface area contributed by atoms with Gasteiger partial charge in [-0.05, 0) is 44.0 Å². The predicted molar refractivity (Wildman–Crippen MR) is 112 cm³/mol. The third-order valence-corrected chi connectivity index (χ3v) is 6.13. The maximum atomic E-state index is 12.6. The molecule has 1 aliphatic heterocycles. The van der Waals surface area contributed by atoms with Gasteiger partial charge in [-0.25, -0.2) is 4.79 Å². The minimum Gasteiger partial charge on any atom is -0.492 e. The van der Waals surface area contributed by atoms with Gasteiger partial charge < -0.3 is 14.4 Å². The fourth-order valence-corrected chi connectivity index (χ4v) is 4.12. The summed E-state index contributed by atoms with van der Waals surface area (Å²) in [5.41, 5.74) is 0. The van der Waals surface area contributed by atoms with Crippen molar-refractivity contribution < 1.29 is 28.7 Å². The first-order chi connectivity index (χ1) is 14.8. The quantitative estimate of drug-likeness (QED) is 0.445. The van der Waals surface area contributed by atoms with Crippen LogP contribution in [0, 0.1) is 11.8 Å². The summed E-state index contributed by atoms with van der Waals surface area (Å²) < 4.78 is 10.6. The number of fused-ring (bicyclic) bond motifs is 1. The van der Waals surface area contributed by atoms with Gasteiger partial charge in [0, 0.05) is 12.1 Å². The Balaban J connectivity index is 1.43. The largest absolute Gasteiger partial charge is 0.492 e. The lowest BCUT2D eigenvalue weighted by molar-refractivity contribution is -0.161. The van der Waals surface area contributed by atoms with Gasteiger partial charge in [0.1, 0.15) is 18.4 Å². The summed E-state index contributed by atoms with van der Waals surface area (Å²) in [6, 6.07) is 5.82. The van der Waals surface area contributed by atoms with Crippen molar-refractivity contribution in [2.75, 3.05) is 26.8 Å². The van der Waals surface area contributed by atoms with E-state index in [1.165, 1.54) is 11.8 Å². The summed E-state index contributed by atoms with van der Waals surface area (Å²) in [6.07, 6.45) is 3.18. The van der Waals surface area contributed by atoms with Crippen LogP contribution in [-0.4, -0.2) is 66.3 Å². The number of amides is 3. The molecule has 1 saturated carbocycles. The number of carbonyl (C=O) groups excluding carboxylic acids is 4. The zero-order valence-electron chi connectivity index (χ0n) is 17.7. The van der Waals surface area contributed by atoms with Crippen molar-refractivity contribution >= 4 is 35.3 Å². The molecule has 3 rings (SSSR count). The molecular weight excluding hydrogens is 424 g/mol. The summed E-state index contributed by atoms with van der Waals surface area (Å²) in [5, 5.41) is 0.604. The number of hydrogen-bond donors (Lipinski definition) is 0. The second-order valence-electron chi connectivity index (χ2n) is 7.95. The Labute approximate surface area is 186 Å². The zero-order valence-corrected chi connectivity index (χ0v) is 18.5. The van der Waals surface area contributed by atoms with Gasteiger partial charge in [0.2, 0.25) is 11.8 Å². The maximum absolute atomic E-state index is 12.6. The normalized spacial score (nSPS) is 21.5. The molecule has 0 bridgehead atoms. The Kier molecular flexibility index (Phi) is 7.54. The number of carbonyl (C=O) groups is 4. The molecule has 0 spiro atoms. The highest BCUT2D eigenvalue weighted by molar-refractivity contribution is 6.30. The molecule has 31 heavy (non-hydrogen) atoms. The molecule has 0 aromatic heterocycles. The fourth-order valence-electron chi connectivity index (χ4n) is 3.99. The van der Waals surface area contributed by atoms with E-state index in [9.17, 15) is 19.2 Å². The lowest BCUT2D eigenvalue weighted by Crippen LogP contribution is -2.45. The van der Waals surface area contributed by atoms with Crippen LogP contribution >= 0.6 is 11.6 Å². The van der Waals surface area contributed by atoms with Crippen molar-refractivity contribution in [3.05, 3.63) is 29.3 Å². The van der Waals surface area contributed by atoms with E-state index in [0.717, 1.165) is 17.7 Å². The van der Waals surface area contributed by atoms with Crippen molar-refractivity contribution in [3.8, 4) is 5.75 Å². The minimum atomic E-state index is -1.04. The number of esters is 1. The van der Waals surface area contributed by atoms with Gasteiger partial charge in [-0.3, -0.25) is 19.3 Å². The van der Waals surface area contributed by atoms with E-state index < -0.39 is 24.5 Å². The Bertz CT molecular complexity index is 819. The van der Waals surface area contributed by atoms with Crippen LogP contribution < -0.4 is 4.74 Å². The number of imide groups is 1. The van der Waals surface area contributed by atoms with Crippen LogP contribution in [-0.2, 0) is 23.9 Å². The average molecular weight is 451 g/mol. The number of ether oxygens (including phenoxy) is 2. The number of hydrogen-bond acceptors (Lipinski definition) is 6. The first-order valence-electron chi connectivity index (χ1n) is 10.5. The van der Waals surface area contributed by atoms with Gasteiger partial charge in [0.15, 0.2) is 6.61 Å². The standard InChI is InChI=1S/C22H27ClN2O6/c1-14(25-20(27)17-5-3-4-6-18(17)21(25)28)22(29)31-13-19(26)24(2)11-12-30-16-9-7-15(23)8-10-16/h7-10,14,17-18H,3-6,11-13H2,1-2H3/t14-,17?,18?/m0/s1. The van der Waals surface area contributed by atoms with Crippen molar-refractivity contribution in [2.24, 2.45) is 11.8 Å². The van der Waals surface area contributed by atoms with E-state index in [0.29, 0.717) is 30.2 Å². The van der Waals surface area contributed by atoms with Gasteiger partial charge in [0.25, 0.3) is 5.91 Å². The number of rotatable bonds is 8. The molecule has 2 unspecified atom stereocenters. The number of halogens is 1. The fraction of sp³-hybridized carbons (Fsp3) is 0.545. The molecule has 9 heteroatoms. The van der Waals surface area contributed by atoms with Gasteiger partial charge in [-0.1, -0.05) is 24.4 Å². The first kappa shape index (κ1) is 23.1. The van der Waals surface area contributed by atoms with E-state index in [-0.39, 0.29) is 30.3 Å². The van der Waals surface area contributed by atoms with Crippen molar-refractivity contribution in [1.29, 1.82) is 0 Å². The monoisotopic (exact) mass is 450 g/mol. The molecule has 1 aliphatic carbocycles. The third-order valence-electron chi connectivity index (χ3n) is 5.88. The number of benzene rings is 1. The van der Waals surface area contributed by atoms with Crippen LogP contribution in [0.15, 0.2) is 24.3 Å². The Hall–Kier alpha value is -2.61. The second-order valence-corrected chi connectivity index (χ2v) is 8.38. The van der Waals surface area contributed by atoms with Crippen LogP contribution in [0.4, 0.5) is 0 Å². The predicted octanol–water partition coefficient (Wildman–Crippen LogP) is 2.28. The summed E-state index contributed by atoms with van der Waals surface area (Å²) in [6.45, 7) is 1.54. The van der Waals surface area contributed by atoms with Crippen LogP contribution in [0.5, 0.6) is 5.75 Å². The van der Waals surface area contributed by atoms with E-state index in [4.69, 9.17) is 21.1 Å². The second kappa shape index (κ2) is 10.1. The van der Waals surface area contributed by atoms with Crippen molar-refractivity contribution in [2.45, 2.75) is 38.6 Å². The molecule has 1 heterocycles. The van der Waals surface area contributed by atoms with Crippen molar-refractivity contribution in [3.63, 3.8) is 0 Å². The molecule has 0 radical (unpaired) electrons. The molecule has 1 aromatic rings. The van der Waals surface area contributed by atoms with E-state index in [2.05, 4.69) is 0 Å². The zero-order chi connectivity index (χ0) is 22.5. The first-order valence-corrected chi connectivity index (χ1v) is 10.8.